The average Bonchev–Trinajstić information content (AvgIpc) is 2.96. The van der Waals surface area contributed by atoms with Gasteiger partial charge in [-0.25, -0.2) is 0 Å². The Morgan fingerprint density at radius 1 is 0.737 bits per heavy atom. The van der Waals surface area contributed by atoms with Crippen molar-refractivity contribution in [3.8, 4) is 17.2 Å². The Labute approximate surface area is 116 Å². The van der Waals surface area contributed by atoms with Gasteiger partial charge in [0, 0.05) is 23.1 Å². The summed E-state index contributed by atoms with van der Waals surface area (Å²) in [6.45, 7) is 0. The van der Waals surface area contributed by atoms with Gasteiger partial charge in [-0.1, -0.05) is 11.6 Å². The Bertz CT molecular complexity index is 642. The molecule has 0 radical (unpaired) electrons. The summed E-state index contributed by atoms with van der Waals surface area (Å²) in [5, 5.41) is 0.704. The molecule has 3 aromatic rings. The highest BCUT2D eigenvalue weighted by Gasteiger charge is 1.99. The van der Waals surface area contributed by atoms with Crippen LogP contribution in [0.1, 0.15) is 0 Å². The number of hydrogen-bond acceptors (Lipinski definition) is 1. The second kappa shape index (κ2) is 5.21. The van der Waals surface area contributed by atoms with Crippen LogP contribution >= 0.6 is 11.6 Å². The molecule has 3 heteroatoms. The third kappa shape index (κ3) is 2.80. The van der Waals surface area contributed by atoms with Crippen LogP contribution in [0.25, 0.3) is 5.69 Å². The van der Waals surface area contributed by atoms with E-state index in [4.69, 9.17) is 16.3 Å². The van der Waals surface area contributed by atoms with Gasteiger partial charge in [-0.15, -0.1) is 0 Å². The minimum absolute atomic E-state index is 0.704. The molecule has 0 saturated carbocycles. The van der Waals surface area contributed by atoms with Crippen LogP contribution in [0, 0.1) is 0 Å². The van der Waals surface area contributed by atoms with E-state index in [2.05, 4.69) is 0 Å². The number of ether oxygens (including phenoxy) is 1. The lowest BCUT2D eigenvalue weighted by Crippen LogP contribution is -1.89. The molecule has 0 atom stereocenters. The van der Waals surface area contributed by atoms with Crippen molar-refractivity contribution in [3.63, 3.8) is 0 Å². The number of hydrogen-bond donors (Lipinski definition) is 0. The normalized spacial score (nSPS) is 10.4. The first kappa shape index (κ1) is 11.9. The number of halogens is 1. The lowest BCUT2D eigenvalue weighted by atomic mass is 10.3. The average molecular weight is 270 g/mol. The predicted octanol–water partition coefficient (Wildman–Crippen LogP) is 4.92. The standard InChI is InChI=1S/C16H12ClNO/c17-13-3-7-15(8-4-13)19-16-9-5-14(6-10-16)18-11-1-2-12-18/h1-12H. The van der Waals surface area contributed by atoms with E-state index >= 15 is 0 Å². The molecule has 2 nitrogen and oxygen atoms in total. The van der Waals surface area contributed by atoms with Crippen LogP contribution < -0.4 is 4.74 Å². The van der Waals surface area contributed by atoms with E-state index in [1.165, 1.54) is 0 Å². The number of aromatic nitrogens is 1. The summed E-state index contributed by atoms with van der Waals surface area (Å²) in [6, 6.07) is 19.3. The van der Waals surface area contributed by atoms with E-state index < -0.39 is 0 Å². The summed E-state index contributed by atoms with van der Waals surface area (Å²) in [6.07, 6.45) is 4.02. The lowest BCUT2D eigenvalue weighted by molar-refractivity contribution is 0.482. The molecule has 0 aliphatic rings. The molecule has 0 saturated heterocycles. The fourth-order valence-electron chi connectivity index (χ4n) is 1.83. The summed E-state index contributed by atoms with van der Waals surface area (Å²) >= 11 is 5.83. The fraction of sp³-hybridized carbons (Fsp3) is 0. The molecule has 0 spiro atoms. The molecule has 3 rings (SSSR count). The highest BCUT2D eigenvalue weighted by atomic mass is 35.5. The van der Waals surface area contributed by atoms with Gasteiger partial charge in [0.2, 0.25) is 0 Å². The van der Waals surface area contributed by atoms with Crippen LogP contribution in [0.15, 0.2) is 73.1 Å². The van der Waals surface area contributed by atoms with Crippen molar-refractivity contribution >= 4 is 11.6 Å². The van der Waals surface area contributed by atoms with Crippen molar-refractivity contribution in [3.05, 3.63) is 78.1 Å². The van der Waals surface area contributed by atoms with Crippen molar-refractivity contribution in [1.29, 1.82) is 0 Å². The SMILES string of the molecule is Clc1ccc(Oc2ccc(-n3cccc3)cc2)cc1. The maximum Gasteiger partial charge on any atom is 0.127 e. The van der Waals surface area contributed by atoms with Crippen LogP contribution in [0.3, 0.4) is 0 Å². The molecule has 0 aliphatic carbocycles. The molecule has 0 aliphatic heterocycles. The number of nitrogens with zero attached hydrogens (tertiary/aromatic N) is 1. The molecule has 0 N–H and O–H groups in total. The zero-order valence-electron chi connectivity index (χ0n) is 10.2. The second-order valence-electron chi connectivity index (χ2n) is 4.14. The molecule has 19 heavy (non-hydrogen) atoms. The Balaban J connectivity index is 1.77. The summed E-state index contributed by atoms with van der Waals surface area (Å²) in [5.41, 5.74) is 1.11. The summed E-state index contributed by atoms with van der Waals surface area (Å²) in [4.78, 5) is 0. The molecular weight excluding hydrogens is 258 g/mol. The van der Waals surface area contributed by atoms with Crippen molar-refractivity contribution in [1.82, 2.24) is 4.57 Å². The highest BCUT2D eigenvalue weighted by Crippen LogP contribution is 2.24. The molecule has 0 amide bonds. The van der Waals surface area contributed by atoms with Gasteiger partial charge >= 0.3 is 0 Å². The minimum atomic E-state index is 0.704. The first-order valence-corrected chi connectivity index (χ1v) is 6.36. The maximum atomic E-state index is 5.83. The maximum absolute atomic E-state index is 5.83. The van der Waals surface area contributed by atoms with Crippen LogP contribution in [0.2, 0.25) is 5.02 Å². The van der Waals surface area contributed by atoms with Crippen LogP contribution in [-0.4, -0.2) is 4.57 Å². The van der Waals surface area contributed by atoms with Crippen LogP contribution in [-0.2, 0) is 0 Å². The Morgan fingerprint density at radius 2 is 1.26 bits per heavy atom. The molecule has 1 heterocycles. The van der Waals surface area contributed by atoms with Crippen molar-refractivity contribution in [2.24, 2.45) is 0 Å². The van der Waals surface area contributed by atoms with E-state index in [-0.39, 0.29) is 0 Å². The minimum Gasteiger partial charge on any atom is -0.457 e. The van der Waals surface area contributed by atoms with E-state index in [1.54, 1.807) is 0 Å². The third-order valence-electron chi connectivity index (χ3n) is 2.79. The van der Waals surface area contributed by atoms with Gasteiger partial charge in [0.1, 0.15) is 11.5 Å². The number of rotatable bonds is 3. The monoisotopic (exact) mass is 269 g/mol. The highest BCUT2D eigenvalue weighted by molar-refractivity contribution is 6.30. The van der Waals surface area contributed by atoms with Crippen molar-refractivity contribution in [2.75, 3.05) is 0 Å². The zero-order chi connectivity index (χ0) is 13.1. The van der Waals surface area contributed by atoms with Gasteiger partial charge < -0.3 is 9.30 Å². The van der Waals surface area contributed by atoms with Crippen molar-refractivity contribution < 1.29 is 4.74 Å². The van der Waals surface area contributed by atoms with Gasteiger partial charge in [0.05, 0.1) is 0 Å². The Kier molecular flexibility index (Phi) is 3.25. The van der Waals surface area contributed by atoms with Gasteiger partial charge in [0.15, 0.2) is 0 Å². The molecule has 0 bridgehead atoms. The van der Waals surface area contributed by atoms with E-state index in [0.717, 1.165) is 17.2 Å². The smallest absolute Gasteiger partial charge is 0.127 e. The molecule has 2 aromatic carbocycles. The Hall–Kier alpha value is -2.19. The summed E-state index contributed by atoms with van der Waals surface area (Å²) < 4.78 is 7.79. The zero-order valence-corrected chi connectivity index (χ0v) is 10.9. The van der Waals surface area contributed by atoms with Gasteiger partial charge in [-0.3, -0.25) is 0 Å². The van der Waals surface area contributed by atoms with E-state index in [1.807, 2.05) is 77.6 Å². The Morgan fingerprint density at radius 3 is 1.84 bits per heavy atom. The summed E-state index contributed by atoms with van der Waals surface area (Å²) in [5.74, 6) is 1.58. The molecule has 0 unspecified atom stereocenters. The first-order chi connectivity index (χ1) is 9.31. The molecule has 1 aromatic heterocycles. The van der Waals surface area contributed by atoms with Gasteiger partial charge in [-0.2, -0.15) is 0 Å². The topological polar surface area (TPSA) is 14.2 Å². The first-order valence-electron chi connectivity index (χ1n) is 5.98. The second-order valence-corrected chi connectivity index (χ2v) is 4.58. The van der Waals surface area contributed by atoms with Crippen LogP contribution in [0.4, 0.5) is 0 Å². The van der Waals surface area contributed by atoms with E-state index in [9.17, 15) is 0 Å². The van der Waals surface area contributed by atoms with E-state index in [0.29, 0.717) is 5.02 Å². The third-order valence-corrected chi connectivity index (χ3v) is 3.04. The molecular formula is C16H12ClNO. The fourth-order valence-corrected chi connectivity index (χ4v) is 1.96. The lowest BCUT2D eigenvalue weighted by Gasteiger charge is -2.07. The van der Waals surface area contributed by atoms with Crippen LogP contribution in [0.5, 0.6) is 11.5 Å². The molecule has 94 valence electrons. The summed E-state index contributed by atoms with van der Waals surface area (Å²) in [7, 11) is 0. The van der Waals surface area contributed by atoms with Gasteiger partial charge in [-0.05, 0) is 60.7 Å². The molecule has 0 fully saturated rings. The largest absolute Gasteiger partial charge is 0.457 e. The van der Waals surface area contributed by atoms with Crippen molar-refractivity contribution in [2.45, 2.75) is 0 Å². The predicted molar refractivity (Wildman–Crippen MR) is 77.3 cm³/mol. The van der Waals surface area contributed by atoms with Gasteiger partial charge in [0.25, 0.3) is 0 Å². The quantitative estimate of drug-likeness (QED) is 0.658. The number of benzene rings is 2.